The Morgan fingerprint density at radius 1 is 1.39 bits per heavy atom. The number of carboxylic acids is 1. The summed E-state index contributed by atoms with van der Waals surface area (Å²) < 4.78 is 0. The molecule has 2 fully saturated rings. The molecular weight excluding hydrogens is 320 g/mol. The van der Waals surface area contributed by atoms with E-state index in [1.807, 2.05) is 13.8 Å². The van der Waals surface area contributed by atoms with Crippen LogP contribution >= 0.6 is 11.8 Å². The van der Waals surface area contributed by atoms with Gasteiger partial charge in [0.05, 0.1) is 18.1 Å². The first-order valence-electron chi connectivity index (χ1n) is 7.68. The third-order valence-corrected chi connectivity index (χ3v) is 6.62. The first kappa shape index (κ1) is 16.3. The molecule has 0 spiro atoms. The third-order valence-electron chi connectivity index (χ3n) is 4.92. The quantitative estimate of drug-likeness (QED) is 0.629. The number of nitrogens with zero attached hydrogens (tertiary/aromatic N) is 1. The zero-order valence-electron chi connectivity index (χ0n) is 13.1. The van der Waals surface area contributed by atoms with E-state index in [1.54, 1.807) is 6.92 Å². The summed E-state index contributed by atoms with van der Waals surface area (Å²) >= 11 is 1.37. The van der Waals surface area contributed by atoms with Gasteiger partial charge in [0.15, 0.2) is 0 Å². The number of fused-ring (bicyclic) bond motifs is 1. The standard InChI is InChI=1S/C15H20N2O5S/c1-5-11-10(7(3)18)14(20)17(11)12(15(21)22)13(5)23-8-4-9(19)16-6(8)2/h5-8,10-11,18H,4H2,1-3H3,(H,16,19)(H,21,22)/t5-,6-,7-,8+,10-,11-/m1/s1. The van der Waals surface area contributed by atoms with Crippen LogP contribution in [0.1, 0.15) is 27.2 Å². The number of hydrogen-bond donors (Lipinski definition) is 3. The molecule has 0 aliphatic carbocycles. The Labute approximate surface area is 138 Å². The Balaban J connectivity index is 1.90. The molecule has 2 saturated heterocycles. The molecule has 3 heterocycles. The highest BCUT2D eigenvalue weighted by Gasteiger charge is 2.60. The highest BCUT2D eigenvalue weighted by Crippen LogP contribution is 2.52. The summed E-state index contributed by atoms with van der Waals surface area (Å²) in [6.45, 7) is 5.33. The second-order valence-corrected chi connectivity index (χ2v) is 7.77. The zero-order chi connectivity index (χ0) is 17.0. The van der Waals surface area contributed by atoms with E-state index < -0.39 is 18.0 Å². The van der Waals surface area contributed by atoms with Crippen molar-refractivity contribution in [2.24, 2.45) is 11.8 Å². The Kier molecular flexibility index (Phi) is 3.92. The normalized spacial score (nSPS) is 37.6. The molecule has 0 radical (unpaired) electrons. The molecule has 23 heavy (non-hydrogen) atoms. The number of thioether (sulfide) groups is 1. The number of β-lactam (4-membered cyclic amide) rings is 1. The van der Waals surface area contributed by atoms with Gasteiger partial charge in [0.25, 0.3) is 0 Å². The van der Waals surface area contributed by atoms with Crippen molar-refractivity contribution in [2.45, 2.75) is 50.6 Å². The second-order valence-electron chi connectivity index (χ2n) is 6.49. The van der Waals surface area contributed by atoms with Gasteiger partial charge in [-0.3, -0.25) is 9.59 Å². The van der Waals surface area contributed by atoms with Gasteiger partial charge >= 0.3 is 5.97 Å². The van der Waals surface area contributed by atoms with E-state index >= 15 is 0 Å². The molecule has 0 saturated carbocycles. The van der Waals surface area contributed by atoms with Crippen molar-refractivity contribution in [2.75, 3.05) is 0 Å². The van der Waals surface area contributed by atoms with Gasteiger partial charge in [0, 0.05) is 28.5 Å². The average Bonchev–Trinajstić information content (AvgIpc) is 2.87. The molecule has 0 unspecified atom stereocenters. The fourth-order valence-corrected chi connectivity index (χ4v) is 5.24. The Morgan fingerprint density at radius 2 is 2.04 bits per heavy atom. The maximum Gasteiger partial charge on any atom is 0.353 e. The molecule has 3 N–H and O–H groups in total. The lowest BCUT2D eigenvalue weighted by molar-refractivity contribution is -0.163. The van der Waals surface area contributed by atoms with E-state index in [1.165, 1.54) is 16.7 Å². The van der Waals surface area contributed by atoms with Crippen molar-refractivity contribution < 1.29 is 24.6 Å². The van der Waals surface area contributed by atoms with E-state index in [2.05, 4.69) is 5.32 Å². The van der Waals surface area contributed by atoms with Crippen molar-refractivity contribution in [3.8, 4) is 0 Å². The number of carbonyl (C=O) groups is 3. The van der Waals surface area contributed by atoms with Crippen molar-refractivity contribution in [1.82, 2.24) is 10.2 Å². The van der Waals surface area contributed by atoms with Crippen molar-refractivity contribution in [3.63, 3.8) is 0 Å². The third kappa shape index (κ3) is 2.35. The highest BCUT2D eigenvalue weighted by atomic mass is 32.2. The van der Waals surface area contributed by atoms with Gasteiger partial charge in [-0.25, -0.2) is 4.79 Å². The molecular formula is C15H20N2O5S. The molecule has 126 valence electrons. The first-order chi connectivity index (χ1) is 10.7. The fourth-order valence-electron chi connectivity index (χ4n) is 3.75. The van der Waals surface area contributed by atoms with Crippen molar-refractivity contribution >= 4 is 29.5 Å². The maximum absolute atomic E-state index is 12.2. The molecule has 6 atom stereocenters. The van der Waals surface area contributed by atoms with Crippen LogP contribution in [-0.2, 0) is 14.4 Å². The Bertz CT molecular complexity index is 617. The monoisotopic (exact) mass is 340 g/mol. The van der Waals surface area contributed by atoms with E-state index in [-0.39, 0.29) is 40.8 Å². The van der Waals surface area contributed by atoms with Crippen LogP contribution in [0.4, 0.5) is 0 Å². The maximum atomic E-state index is 12.2. The fraction of sp³-hybridized carbons (Fsp3) is 0.667. The number of carbonyl (C=O) groups excluding carboxylic acids is 2. The molecule has 8 heteroatoms. The summed E-state index contributed by atoms with van der Waals surface area (Å²) in [7, 11) is 0. The zero-order valence-corrected chi connectivity index (χ0v) is 14.0. The number of amides is 2. The van der Waals surface area contributed by atoms with Gasteiger partial charge in [-0.2, -0.15) is 0 Å². The lowest BCUT2D eigenvalue weighted by Gasteiger charge is -2.46. The molecule has 0 aromatic carbocycles. The predicted molar refractivity (Wildman–Crippen MR) is 83.2 cm³/mol. The lowest BCUT2D eigenvalue weighted by atomic mass is 9.79. The molecule has 0 aromatic rings. The predicted octanol–water partition coefficient (Wildman–Crippen LogP) is 0.150. The summed E-state index contributed by atoms with van der Waals surface area (Å²) in [5.41, 5.74) is 0.0148. The minimum atomic E-state index is -1.14. The van der Waals surface area contributed by atoms with Crippen LogP contribution < -0.4 is 5.32 Å². The Morgan fingerprint density at radius 3 is 2.52 bits per heavy atom. The minimum absolute atomic E-state index is 0.0148. The van der Waals surface area contributed by atoms with Gasteiger partial charge in [-0.05, 0) is 13.8 Å². The largest absolute Gasteiger partial charge is 0.477 e. The summed E-state index contributed by atoms with van der Waals surface area (Å²) in [6.07, 6.45) is -0.466. The molecule has 3 rings (SSSR count). The topological polar surface area (TPSA) is 107 Å². The molecule has 3 aliphatic rings. The summed E-state index contributed by atoms with van der Waals surface area (Å²) in [5.74, 6) is -2.23. The van der Waals surface area contributed by atoms with E-state index in [0.29, 0.717) is 11.3 Å². The number of aliphatic hydroxyl groups excluding tert-OH is 1. The molecule has 2 amide bonds. The average molecular weight is 340 g/mol. The number of hydrogen-bond acceptors (Lipinski definition) is 5. The van der Waals surface area contributed by atoms with Crippen LogP contribution in [0.2, 0.25) is 0 Å². The van der Waals surface area contributed by atoms with Gasteiger partial charge in [0.1, 0.15) is 5.70 Å². The van der Waals surface area contributed by atoms with Crippen LogP contribution in [0.5, 0.6) is 0 Å². The van der Waals surface area contributed by atoms with Crippen LogP contribution in [0.15, 0.2) is 10.6 Å². The van der Waals surface area contributed by atoms with Gasteiger partial charge in [0.2, 0.25) is 11.8 Å². The highest BCUT2D eigenvalue weighted by molar-refractivity contribution is 8.03. The Hall–Kier alpha value is -1.54. The number of nitrogens with one attached hydrogen (secondary N) is 1. The van der Waals surface area contributed by atoms with E-state index in [9.17, 15) is 24.6 Å². The summed E-state index contributed by atoms with van der Waals surface area (Å²) in [4.78, 5) is 37.4. The van der Waals surface area contributed by atoms with Crippen molar-refractivity contribution in [3.05, 3.63) is 10.6 Å². The SMILES string of the molecule is C[C@@H](O)[C@H]1C(=O)N2C(C(=O)O)=C(S[C@H]3CC(=O)N[C@@H]3C)[C@H](C)[C@H]12. The van der Waals surface area contributed by atoms with Gasteiger partial charge in [-0.15, -0.1) is 11.8 Å². The molecule has 0 bridgehead atoms. The number of aliphatic hydroxyl groups is 1. The minimum Gasteiger partial charge on any atom is -0.477 e. The van der Waals surface area contributed by atoms with Crippen molar-refractivity contribution in [1.29, 1.82) is 0 Å². The molecule has 0 aromatic heterocycles. The van der Waals surface area contributed by atoms with E-state index in [0.717, 1.165) is 0 Å². The second kappa shape index (κ2) is 5.52. The summed E-state index contributed by atoms with van der Waals surface area (Å²) in [5, 5.41) is 22.1. The smallest absolute Gasteiger partial charge is 0.353 e. The number of carboxylic acid groups (broad SMARTS) is 1. The summed E-state index contributed by atoms with van der Waals surface area (Å²) in [6, 6.07) is -0.352. The van der Waals surface area contributed by atoms with E-state index in [4.69, 9.17) is 0 Å². The first-order valence-corrected chi connectivity index (χ1v) is 8.56. The van der Waals surface area contributed by atoms with Crippen LogP contribution in [0.25, 0.3) is 0 Å². The lowest BCUT2D eigenvalue weighted by Crippen LogP contribution is -2.63. The van der Waals surface area contributed by atoms with Gasteiger partial charge in [-0.1, -0.05) is 6.92 Å². The van der Waals surface area contributed by atoms with Crippen LogP contribution in [0, 0.1) is 11.8 Å². The number of aliphatic carboxylic acids is 1. The van der Waals surface area contributed by atoms with Crippen LogP contribution in [-0.4, -0.2) is 56.3 Å². The number of rotatable bonds is 4. The molecule has 3 aliphatic heterocycles. The van der Waals surface area contributed by atoms with Crippen LogP contribution in [0.3, 0.4) is 0 Å². The van der Waals surface area contributed by atoms with Gasteiger partial charge < -0.3 is 20.4 Å². The molecule has 7 nitrogen and oxygen atoms in total.